The van der Waals surface area contributed by atoms with Gasteiger partial charge in [-0.15, -0.1) is 0 Å². The Balaban J connectivity index is 2.03. The summed E-state index contributed by atoms with van der Waals surface area (Å²) >= 11 is 0. The van der Waals surface area contributed by atoms with Crippen molar-refractivity contribution >= 4 is 0 Å². The molecule has 2 rings (SSSR count). The number of nitrogens with two attached hydrogens (primary N) is 1. The molecule has 1 aliphatic rings. The molecule has 2 N–H and O–H groups in total. The minimum absolute atomic E-state index is 0.352. The van der Waals surface area contributed by atoms with E-state index in [2.05, 4.69) is 49.1 Å². The van der Waals surface area contributed by atoms with Gasteiger partial charge in [0.15, 0.2) is 0 Å². The van der Waals surface area contributed by atoms with Gasteiger partial charge in [-0.05, 0) is 37.3 Å². The number of benzene rings is 1. The van der Waals surface area contributed by atoms with Gasteiger partial charge < -0.3 is 5.73 Å². The second-order valence-electron chi connectivity index (χ2n) is 5.96. The van der Waals surface area contributed by atoms with Crippen LogP contribution in [0.2, 0.25) is 0 Å². The van der Waals surface area contributed by atoms with E-state index in [0.29, 0.717) is 12.1 Å². The minimum Gasteiger partial charge on any atom is -0.326 e. The van der Waals surface area contributed by atoms with Crippen molar-refractivity contribution in [3.8, 4) is 0 Å². The first-order valence-corrected chi connectivity index (χ1v) is 7.20. The average molecular weight is 246 g/mol. The average Bonchev–Trinajstić information content (AvgIpc) is 2.34. The topological polar surface area (TPSA) is 29.3 Å². The molecular weight excluding hydrogens is 220 g/mol. The Bertz CT molecular complexity index is 347. The molecule has 1 aliphatic heterocycles. The lowest BCUT2D eigenvalue weighted by Crippen LogP contribution is -2.52. The summed E-state index contributed by atoms with van der Waals surface area (Å²) in [5, 5.41) is 0. The van der Waals surface area contributed by atoms with Gasteiger partial charge in [0.2, 0.25) is 0 Å². The summed E-state index contributed by atoms with van der Waals surface area (Å²) in [6, 6.07) is 11.7. The lowest BCUT2D eigenvalue weighted by atomic mass is 9.90. The van der Waals surface area contributed by atoms with Crippen LogP contribution in [0, 0.1) is 5.92 Å². The SMILES string of the molecule is CC(C)CC1C(N)CCCN1Cc1ccccc1. The van der Waals surface area contributed by atoms with Crippen LogP contribution in [0.3, 0.4) is 0 Å². The van der Waals surface area contributed by atoms with Crippen molar-refractivity contribution in [1.29, 1.82) is 0 Å². The Hall–Kier alpha value is -0.860. The van der Waals surface area contributed by atoms with Crippen molar-refractivity contribution in [2.24, 2.45) is 11.7 Å². The van der Waals surface area contributed by atoms with Gasteiger partial charge in [-0.25, -0.2) is 0 Å². The van der Waals surface area contributed by atoms with Crippen LogP contribution in [0.15, 0.2) is 30.3 Å². The second-order valence-corrected chi connectivity index (χ2v) is 5.96. The first kappa shape index (κ1) is 13.6. The maximum atomic E-state index is 6.33. The van der Waals surface area contributed by atoms with E-state index in [1.165, 1.54) is 31.4 Å². The van der Waals surface area contributed by atoms with Gasteiger partial charge in [0.05, 0.1) is 0 Å². The van der Waals surface area contributed by atoms with Crippen LogP contribution in [-0.4, -0.2) is 23.5 Å². The molecule has 2 nitrogen and oxygen atoms in total. The molecule has 1 aromatic carbocycles. The lowest BCUT2D eigenvalue weighted by molar-refractivity contribution is 0.103. The number of hydrogen-bond donors (Lipinski definition) is 1. The molecule has 18 heavy (non-hydrogen) atoms. The zero-order chi connectivity index (χ0) is 13.0. The smallest absolute Gasteiger partial charge is 0.0253 e. The third kappa shape index (κ3) is 3.56. The molecule has 1 fully saturated rings. The third-order valence-electron chi connectivity index (χ3n) is 3.89. The van der Waals surface area contributed by atoms with Crippen molar-refractivity contribution in [3.05, 3.63) is 35.9 Å². The molecule has 0 radical (unpaired) electrons. The molecule has 0 aliphatic carbocycles. The van der Waals surface area contributed by atoms with Crippen LogP contribution in [0.1, 0.15) is 38.7 Å². The van der Waals surface area contributed by atoms with Gasteiger partial charge in [0, 0.05) is 18.6 Å². The largest absolute Gasteiger partial charge is 0.326 e. The Kier molecular flexibility index (Phi) is 4.79. The van der Waals surface area contributed by atoms with Crippen LogP contribution in [0.4, 0.5) is 0 Å². The standard InChI is InChI=1S/C16H26N2/c1-13(2)11-16-15(17)9-6-10-18(16)12-14-7-4-3-5-8-14/h3-5,7-8,13,15-16H,6,9-12,17H2,1-2H3. The second kappa shape index (κ2) is 6.35. The fourth-order valence-corrected chi connectivity index (χ4v) is 2.98. The highest BCUT2D eigenvalue weighted by Gasteiger charge is 2.29. The molecule has 1 aromatic rings. The molecule has 1 heterocycles. The van der Waals surface area contributed by atoms with E-state index in [-0.39, 0.29) is 0 Å². The zero-order valence-corrected chi connectivity index (χ0v) is 11.7. The number of likely N-dealkylation sites (tertiary alicyclic amines) is 1. The molecule has 0 spiro atoms. The number of hydrogen-bond acceptors (Lipinski definition) is 2. The molecule has 2 atom stereocenters. The Morgan fingerprint density at radius 3 is 2.67 bits per heavy atom. The summed E-state index contributed by atoms with van der Waals surface area (Å²) in [7, 11) is 0. The third-order valence-corrected chi connectivity index (χ3v) is 3.89. The fraction of sp³-hybridized carbons (Fsp3) is 0.625. The minimum atomic E-state index is 0.352. The highest BCUT2D eigenvalue weighted by Crippen LogP contribution is 2.23. The van der Waals surface area contributed by atoms with Crippen molar-refractivity contribution < 1.29 is 0 Å². The maximum absolute atomic E-state index is 6.33. The first-order chi connectivity index (χ1) is 8.66. The van der Waals surface area contributed by atoms with Crippen LogP contribution in [-0.2, 0) is 6.54 Å². The number of rotatable bonds is 4. The molecule has 0 aromatic heterocycles. The van der Waals surface area contributed by atoms with E-state index in [1.807, 2.05) is 0 Å². The van der Waals surface area contributed by atoms with E-state index in [1.54, 1.807) is 0 Å². The molecule has 0 bridgehead atoms. The highest BCUT2D eigenvalue weighted by atomic mass is 15.2. The fourth-order valence-electron chi connectivity index (χ4n) is 2.98. The van der Waals surface area contributed by atoms with Crippen LogP contribution in [0.25, 0.3) is 0 Å². The maximum Gasteiger partial charge on any atom is 0.0253 e. The van der Waals surface area contributed by atoms with Gasteiger partial charge >= 0.3 is 0 Å². The van der Waals surface area contributed by atoms with Gasteiger partial charge in [-0.3, -0.25) is 4.90 Å². The van der Waals surface area contributed by atoms with Crippen molar-refractivity contribution in [1.82, 2.24) is 4.90 Å². The van der Waals surface area contributed by atoms with E-state index < -0.39 is 0 Å². The van der Waals surface area contributed by atoms with Gasteiger partial charge in [0.1, 0.15) is 0 Å². The Morgan fingerprint density at radius 2 is 2.00 bits per heavy atom. The first-order valence-electron chi connectivity index (χ1n) is 7.20. The van der Waals surface area contributed by atoms with Crippen molar-refractivity contribution in [2.45, 2.75) is 51.7 Å². The molecule has 2 unspecified atom stereocenters. The van der Waals surface area contributed by atoms with Gasteiger partial charge in [-0.1, -0.05) is 44.2 Å². The van der Waals surface area contributed by atoms with Gasteiger partial charge in [0.25, 0.3) is 0 Å². The Morgan fingerprint density at radius 1 is 1.28 bits per heavy atom. The quantitative estimate of drug-likeness (QED) is 0.885. The van der Waals surface area contributed by atoms with E-state index >= 15 is 0 Å². The summed E-state index contributed by atoms with van der Waals surface area (Å²) < 4.78 is 0. The molecule has 100 valence electrons. The predicted molar refractivity (Wildman–Crippen MR) is 77.3 cm³/mol. The number of nitrogens with zero attached hydrogens (tertiary/aromatic N) is 1. The predicted octanol–water partition coefficient (Wildman–Crippen LogP) is 3.02. The molecular formula is C16H26N2. The Labute approximate surface area is 111 Å². The normalized spacial score (nSPS) is 25.6. The van der Waals surface area contributed by atoms with Crippen molar-refractivity contribution in [2.75, 3.05) is 6.54 Å². The molecule has 2 heteroatoms. The molecule has 0 saturated carbocycles. The summed E-state index contributed by atoms with van der Waals surface area (Å²) in [6.45, 7) is 6.83. The molecule has 1 saturated heterocycles. The van der Waals surface area contributed by atoms with E-state index in [4.69, 9.17) is 5.73 Å². The van der Waals surface area contributed by atoms with Crippen molar-refractivity contribution in [3.63, 3.8) is 0 Å². The van der Waals surface area contributed by atoms with Crippen LogP contribution in [0.5, 0.6) is 0 Å². The van der Waals surface area contributed by atoms with Crippen LogP contribution >= 0.6 is 0 Å². The highest BCUT2D eigenvalue weighted by molar-refractivity contribution is 5.14. The lowest BCUT2D eigenvalue weighted by Gasteiger charge is -2.40. The van der Waals surface area contributed by atoms with E-state index in [0.717, 1.165) is 12.5 Å². The monoisotopic (exact) mass is 246 g/mol. The number of piperidine rings is 1. The molecule has 0 amide bonds. The van der Waals surface area contributed by atoms with Gasteiger partial charge in [-0.2, -0.15) is 0 Å². The van der Waals surface area contributed by atoms with Crippen LogP contribution < -0.4 is 5.73 Å². The summed E-state index contributed by atoms with van der Waals surface area (Å²) in [6.07, 6.45) is 3.64. The summed E-state index contributed by atoms with van der Waals surface area (Å²) in [5.74, 6) is 0.720. The summed E-state index contributed by atoms with van der Waals surface area (Å²) in [4.78, 5) is 2.59. The summed E-state index contributed by atoms with van der Waals surface area (Å²) in [5.41, 5.74) is 7.73. The van der Waals surface area contributed by atoms with E-state index in [9.17, 15) is 0 Å². The zero-order valence-electron chi connectivity index (χ0n) is 11.7.